The van der Waals surface area contributed by atoms with Gasteiger partial charge in [0.05, 0.1) is 22.8 Å². The third-order valence-electron chi connectivity index (χ3n) is 7.14. The van der Waals surface area contributed by atoms with E-state index >= 15 is 0 Å². The van der Waals surface area contributed by atoms with Gasteiger partial charge in [0.1, 0.15) is 0 Å². The molecule has 7 aromatic rings. The van der Waals surface area contributed by atoms with Gasteiger partial charge < -0.3 is 0 Å². The third-order valence-corrected chi connectivity index (χ3v) is 7.36. The summed E-state index contributed by atoms with van der Waals surface area (Å²) in [5.41, 5.74) is 8.95. The van der Waals surface area contributed by atoms with Crippen LogP contribution in [0.5, 0.6) is 0 Å². The van der Waals surface area contributed by atoms with Crippen LogP contribution in [-0.4, -0.2) is 19.9 Å². The molecule has 4 nitrogen and oxygen atoms in total. The Morgan fingerprint density at radius 1 is 0.302 bits per heavy atom. The molecule has 5 heteroatoms. The molecule has 0 N–H and O–H groups in total. The molecule has 43 heavy (non-hydrogen) atoms. The van der Waals surface area contributed by atoms with Gasteiger partial charge in [-0.1, -0.05) is 133 Å². The van der Waals surface area contributed by atoms with Crippen molar-refractivity contribution in [2.75, 3.05) is 0 Å². The normalized spacial score (nSPS) is 10.9. The maximum absolute atomic E-state index is 6.77. The van der Waals surface area contributed by atoms with E-state index in [1.165, 1.54) is 0 Å². The number of aromatic nitrogens is 4. The molecular weight excluding hydrogens is 548 g/mol. The van der Waals surface area contributed by atoms with Crippen LogP contribution >= 0.6 is 11.6 Å². The second kappa shape index (κ2) is 11.8. The van der Waals surface area contributed by atoms with Crippen molar-refractivity contribution in [1.29, 1.82) is 0 Å². The summed E-state index contributed by atoms with van der Waals surface area (Å²) in [5, 5.41) is 0.553. The lowest BCUT2D eigenvalue weighted by Gasteiger charge is -2.12. The van der Waals surface area contributed by atoms with Crippen LogP contribution in [0.1, 0.15) is 0 Å². The highest BCUT2D eigenvalue weighted by atomic mass is 35.5. The summed E-state index contributed by atoms with van der Waals surface area (Å²) < 4.78 is 0. The van der Waals surface area contributed by atoms with Gasteiger partial charge in [-0.25, -0.2) is 19.9 Å². The topological polar surface area (TPSA) is 51.6 Å². The van der Waals surface area contributed by atoms with Crippen LogP contribution in [-0.2, 0) is 0 Å². The average molecular weight is 573 g/mol. The Bertz CT molecular complexity index is 1750. The fourth-order valence-corrected chi connectivity index (χ4v) is 5.26. The predicted molar refractivity (Wildman–Crippen MR) is 175 cm³/mol. The lowest BCUT2D eigenvalue weighted by molar-refractivity contribution is 1.17. The van der Waals surface area contributed by atoms with Crippen LogP contribution in [0.3, 0.4) is 0 Å². The molecule has 0 spiro atoms. The zero-order chi connectivity index (χ0) is 29.0. The van der Waals surface area contributed by atoms with E-state index in [-0.39, 0.29) is 0 Å². The lowest BCUT2D eigenvalue weighted by atomic mass is 10.0. The summed E-state index contributed by atoms with van der Waals surface area (Å²) in [6.45, 7) is 0. The molecule has 0 unspecified atom stereocenters. The van der Waals surface area contributed by atoms with Gasteiger partial charge in [-0.05, 0) is 30.3 Å². The smallest absolute Gasteiger partial charge is 0.160 e. The number of benzene rings is 5. The van der Waals surface area contributed by atoms with E-state index in [1.807, 2.05) is 103 Å². The lowest BCUT2D eigenvalue weighted by Crippen LogP contribution is -1.98. The molecule has 0 atom stereocenters. The van der Waals surface area contributed by atoms with Gasteiger partial charge in [0.15, 0.2) is 11.6 Å². The van der Waals surface area contributed by atoms with Gasteiger partial charge in [-0.15, -0.1) is 0 Å². The Balaban J connectivity index is 1.40. The van der Waals surface area contributed by atoms with Crippen LogP contribution in [0.15, 0.2) is 152 Å². The zero-order valence-electron chi connectivity index (χ0n) is 23.1. The molecule has 0 fully saturated rings. The maximum Gasteiger partial charge on any atom is 0.160 e. The molecule has 0 saturated carbocycles. The molecule has 0 aliphatic heterocycles. The second-order valence-corrected chi connectivity index (χ2v) is 10.6. The molecule has 2 heterocycles. The van der Waals surface area contributed by atoms with E-state index in [0.717, 1.165) is 56.2 Å². The minimum absolute atomic E-state index is 0.553. The summed E-state index contributed by atoms with van der Waals surface area (Å²) >= 11 is 6.77. The molecule has 0 saturated heterocycles. The standard InChI is InChI=1S/C38H25ClN4/c39-32-22-30(37-40-33(26-13-5-1-6-14-26)24-34(41-37)27-15-7-2-8-16-27)21-31(23-32)38-42-35(28-17-9-3-10-18-28)25-36(43-38)29-19-11-4-12-20-29/h1-25H. The van der Waals surface area contributed by atoms with Crippen molar-refractivity contribution in [2.45, 2.75) is 0 Å². The highest BCUT2D eigenvalue weighted by molar-refractivity contribution is 6.31. The van der Waals surface area contributed by atoms with E-state index in [2.05, 4.69) is 48.5 Å². The first-order valence-electron chi connectivity index (χ1n) is 14.0. The Hall–Kier alpha value is -5.45. The number of rotatable bonds is 6. The second-order valence-electron chi connectivity index (χ2n) is 10.1. The minimum atomic E-state index is 0.553. The van der Waals surface area contributed by atoms with E-state index in [0.29, 0.717) is 16.7 Å². The highest BCUT2D eigenvalue weighted by Gasteiger charge is 2.15. The van der Waals surface area contributed by atoms with E-state index in [4.69, 9.17) is 31.5 Å². The summed E-state index contributed by atoms with van der Waals surface area (Å²) in [4.78, 5) is 20.0. The molecule has 0 amide bonds. The fourth-order valence-electron chi connectivity index (χ4n) is 5.03. The molecule has 2 aromatic heterocycles. The van der Waals surface area contributed by atoms with Gasteiger partial charge >= 0.3 is 0 Å². The quantitative estimate of drug-likeness (QED) is 0.199. The molecule has 204 valence electrons. The van der Waals surface area contributed by atoms with Crippen molar-refractivity contribution in [1.82, 2.24) is 19.9 Å². The Morgan fingerprint density at radius 3 is 0.860 bits per heavy atom. The minimum Gasteiger partial charge on any atom is -0.228 e. The van der Waals surface area contributed by atoms with E-state index in [1.54, 1.807) is 0 Å². The van der Waals surface area contributed by atoms with Gasteiger partial charge in [0, 0.05) is 38.4 Å². The molecule has 0 radical (unpaired) electrons. The van der Waals surface area contributed by atoms with Crippen LogP contribution in [0.25, 0.3) is 67.8 Å². The Morgan fingerprint density at radius 2 is 0.581 bits per heavy atom. The number of nitrogens with zero attached hydrogens (tertiary/aromatic N) is 4. The Kier molecular flexibility index (Phi) is 7.26. The Labute approximate surface area is 255 Å². The van der Waals surface area contributed by atoms with Gasteiger partial charge in [-0.2, -0.15) is 0 Å². The predicted octanol–water partition coefficient (Wildman–Crippen LogP) is 9.92. The van der Waals surface area contributed by atoms with Gasteiger partial charge in [-0.3, -0.25) is 0 Å². The van der Waals surface area contributed by atoms with Gasteiger partial charge in [0.25, 0.3) is 0 Å². The van der Waals surface area contributed by atoms with E-state index in [9.17, 15) is 0 Å². The summed E-state index contributed by atoms with van der Waals surface area (Å²) in [7, 11) is 0. The van der Waals surface area contributed by atoms with Crippen molar-refractivity contribution in [3.8, 4) is 67.8 Å². The number of hydrogen-bond donors (Lipinski definition) is 0. The SMILES string of the molecule is Clc1cc(-c2nc(-c3ccccc3)cc(-c3ccccc3)n2)cc(-c2nc(-c3ccccc3)cc(-c3ccccc3)n2)c1. The summed E-state index contributed by atoms with van der Waals surface area (Å²) in [5.74, 6) is 1.15. The van der Waals surface area contributed by atoms with Gasteiger partial charge in [0.2, 0.25) is 0 Å². The summed E-state index contributed by atoms with van der Waals surface area (Å²) in [6.07, 6.45) is 0. The van der Waals surface area contributed by atoms with Crippen molar-refractivity contribution < 1.29 is 0 Å². The number of halogens is 1. The first-order chi connectivity index (χ1) is 21.2. The first kappa shape index (κ1) is 26.4. The zero-order valence-corrected chi connectivity index (χ0v) is 23.9. The molecule has 5 aromatic carbocycles. The van der Waals surface area contributed by atoms with Crippen LogP contribution in [0, 0.1) is 0 Å². The van der Waals surface area contributed by atoms with E-state index < -0.39 is 0 Å². The highest BCUT2D eigenvalue weighted by Crippen LogP contribution is 2.33. The van der Waals surface area contributed by atoms with Crippen LogP contribution < -0.4 is 0 Å². The van der Waals surface area contributed by atoms with Crippen molar-refractivity contribution in [3.05, 3.63) is 157 Å². The maximum atomic E-state index is 6.77. The molecule has 0 aliphatic rings. The van der Waals surface area contributed by atoms with Crippen LogP contribution in [0.2, 0.25) is 5.02 Å². The molecule has 7 rings (SSSR count). The molecule has 0 aliphatic carbocycles. The first-order valence-corrected chi connectivity index (χ1v) is 14.4. The van der Waals surface area contributed by atoms with Crippen molar-refractivity contribution in [2.24, 2.45) is 0 Å². The fraction of sp³-hybridized carbons (Fsp3) is 0. The number of hydrogen-bond acceptors (Lipinski definition) is 4. The van der Waals surface area contributed by atoms with Crippen molar-refractivity contribution >= 4 is 11.6 Å². The monoisotopic (exact) mass is 572 g/mol. The molecular formula is C38H25ClN4. The average Bonchev–Trinajstić information content (AvgIpc) is 3.09. The summed E-state index contributed by atoms with van der Waals surface area (Å²) in [6, 6.07) is 50.4. The largest absolute Gasteiger partial charge is 0.228 e. The molecule has 0 bridgehead atoms. The van der Waals surface area contributed by atoms with Crippen molar-refractivity contribution in [3.63, 3.8) is 0 Å². The third kappa shape index (κ3) is 5.82. The van der Waals surface area contributed by atoms with Crippen LogP contribution in [0.4, 0.5) is 0 Å².